The molecule has 0 bridgehead atoms. The summed E-state index contributed by atoms with van der Waals surface area (Å²) in [7, 11) is 0. The molecule has 0 radical (unpaired) electrons. The van der Waals surface area contributed by atoms with Crippen LogP contribution in [0.1, 0.15) is 35.2 Å². The molecule has 1 aliphatic rings. The first kappa shape index (κ1) is 19.4. The molecule has 0 unspecified atom stereocenters. The molecule has 2 amide bonds. The van der Waals surface area contributed by atoms with Crippen molar-refractivity contribution >= 4 is 28.2 Å². The van der Waals surface area contributed by atoms with Gasteiger partial charge in [-0.05, 0) is 30.4 Å². The third kappa shape index (κ3) is 4.57. The number of carbonyl (C=O) groups is 2. The highest BCUT2D eigenvalue weighted by Gasteiger charge is 2.26. The Labute approximate surface area is 175 Å². The molecule has 1 saturated heterocycles. The first-order chi connectivity index (χ1) is 14.2. The number of benzene rings is 2. The first-order valence-corrected chi connectivity index (χ1v) is 10.9. The average Bonchev–Trinajstić information content (AvgIpc) is 3.18. The summed E-state index contributed by atoms with van der Waals surface area (Å²) in [6.45, 7) is 1.56. The molecule has 0 atom stereocenters. The molecule has 1 fully saturated rings. The van der Waals surface area contributed by atoms with Crippen LogP contribution in [0.4, 0.5) is 5.00 Å². The minimum Gasteiger partial charge on any atom is -0.339 e. The minimum absolute atomic E-state index is 0.0137. The largest absolute Gasteiger partial charge is 0.339 e. The van der Waals surface area contributed by atoms with Gasteiger partial charge < -0.3 is 10.2 Å². The maximum Gasteiger partial charge on any atom is 0.257 e. The van der Waals surface area contributed by atoms with Crippen molar-refractivity contribution in [2.24, 2.45) is 0 Å². The highest BCUT2D eigenvalue weighted by atomic mass is 32.1. The fourth-order valence-corrected chi connectivity index (χ4v) is 4.68. The van der Waals surface area contributed by atoms with Gasteiger partial charge in [0.2, 0.25) is 5.91 Å². The van der Waals surface area contributed by atoms with E-state index in [9.17, 15) is 9.59 Å². The van der Waals surface area contributed by atoms with Crippen LogP contribution in [0.2, 0.25) is 0 Å². The number of likely N-dealkylation sites (tertiary alicyclic amines) is 1. The van der Waals surface area contributed by atoms with Crippen LogP contribution in [-0.4, -0.2) is 29.8 Å². The number of hydrogen-bond acceptors (Lipinski definition) is 3. The Balaban J connectivity index is 1.63. The molecule has 0 saturated carbocycles. The topological polar surface area (TPSA) is 49.4 Å². The van der Waals surface area contributed by atoms with Crippen LogP contribution >= 0.6 is 11.3 Å². The van der Waals surface area contributed by atoms with Crippen molar-refractivity contribution in [3.63, 3.8) is 0 Å². The number of nitrogens with zero attached hydrogens (tertiary/aromatic N) is 1. The van der Waals surface area contributed by atoms with Crippen molar-refractivity contribution < 1.29 is 9.59 Å². The summed E-state index contributed by atoms with van der Waals surface area (Å²) >= 11 is 1.42. The average molecular weight is 405 g/mol. The molecule has 3 aromatic rings. The van der Waals surface area contributed by atoms with Gasteiger partial charge in [-0.25, -0.2) is 0 Å². The number of piperidine rings is 1. The van der Waals surface area contributed by atoms with E-state index in [-0.39, 0.29) is 18.2 Å². The molecule has 148 valence electrons. The third-order valence-corrected chi connectivity index (χ3v) is 6.09. The van der Waals surface area contributed by atoms with Crippen LogP contribution in [0.25, 0.3) is 11.1 Å². The van der Waals surface area contributed by atoms with Crippen molar-refractivity contribution in [2.45, 2.75) is 25.7 Å². The van der Waals surface area contributed by atoms with E-state index in [1.54, 1.807) is 0 Å². The van der Waals surface area contributed by atoms with Crippen LogP contribution in [0.15, 0.2) is 66.0 Å². The fraction of sp³-hybridized carbons (Fsp3) is 0.250. The quantitative estimate of drug-likeness (QED) is 0.634. The fourth-order valence-electron chi connectivity index (χ4n) is 3.70. The van der Waals surface area contributed by atoms with Crippen molar-refractivity contribution in [3.8, 4) is 11.1 Å². The van der Waals surface area contributed by atoms with Gasteiger partial charge in [0.1, 0.15) is 5.00 Å². The normalized spacial score (nSPS) is 13.9. The highest BCUT2D eigenvalue weighted by Crippen LogP contribution is 2.37. The summed E-state index contributed by atoms with van der Waals surface area (Å²) in [5.74, 6) is -0.0924. The SMILES string of the molecule is O=C(Cc1ccccc1)Nc1scc(-c2ccccc2)c1C(=O)N1CCCCC1. The van der Waals surface area contributed by atoms with E-state index in [1.807, 2.05) is 70.9 Å². The van der Waals surface area contributed by atoms with Crippen LogP contribution in [0, 0.1) is 0 Å². The van der Waals surface area contributed by atoms with Gasteiger partial charge in [0.15, 0.2) is 0 Å². The predicted molar refractivity (Wildman–Crippen MR) is 118 cm³/mol. The summed E-state index contributed by atoms with van der Waals surface area (Å²) in [5, 5.41) is 5.62. The van der Waals surface area contributed by atoms with Gasteiger partial charge in [0, 0.05) is 24.0 Å². The minimum atomic E-state index is -0.106. The van der Waals surface area contributed by atoms with Crippen molar-refractivity contribution in [2.75, 3.05) is 18.4 Å². The van der Waals surface area contributed by atoms with Gasteiger partial charge in [-0.3, -0.25) is 9.59 Å². The molecule has 4 nitrogen and oxygen atoms in total. The molecule has 2 aromatic carbocycles. The molecule has 5 heteroatoms. The predicted octanol–water partition coefficient (Wildman–Crippen LogP) is 5.22. The lowest BCUT2D eigenvalue weighted by Gasteiger charge is -2.27. The number of amides is 2. The maximum atomic E-state index is 13.4. The van der Waals surface area contributed by atoms with E-state index in [2.05, 4.69) is 5.32 Å². The van der Waals surface area contributed by atoms with Crippen LogP contribution in [0.5, 0.6) is 0 Å². The number of rotatable bonds is 5. The molecule has 1 N–H and O–H groups in total. The summed E-state index contributed by atoms with van der Waals surface area (Å²) in [4.78, 5) is 28.0. The highest BCUT2D eigenvalue weighted by molar-refractivity contribution is 7.15. The Bertz CT molecular complexity index is 977. The Morgan fingerprint density at radius 2 is 1.55 bits per heavy atom. The lowest BCUT2D eigenvalue weighted by atomic mass is 10.0. The third-order valence-electron chi connectivity index (χ3n) is 5.19. The van der Waals surface area contributed by atoms with Gasteiger partial charge in [0.05, 0.1) is 12.0 Å². The standard InChI is InChI=1S/C24H24N2O2S/c27-21(16-18-10-4-1-5-11-18)25-23-22(24(28)26-14-8-3-9-15-26)20(17-29-23)19-12-6-2-7-13-19/h1-2,4-7,10-13,17H,3,8-9,14-16H2,(H,25,27). The van der Waals surface area contributed by atoms with Crippen molar-refractivity contribution in [3.05, 3.63) is 77.2 Å². The molecule has 1 aromatic heterocycles. The second-order valence-electron chi connectivity index (χ2n) is 7.28. The van der Waals surface area contributed by atoms with Gasteiger partial charge in [-0.2, -0.15) is 0 Å². The van der Waals surface area contributed by atoms with Crippen molar-refractivity contribution in [1.82, 2.24) is 4.90 Å². The van der Waals surface area contributed by atoms with E-state index >= 15 is 0 Å². The van der Waals surface area contributed by atoms with E-state index in [0.717, 1.165) is 42.6 Å². The van der Waals surface area contributed by atoms with E-state index in [1.165, 1.54) is 17.8 Å². The summed E-state index contributed by atoms with van der Waals surface area (Å²) in [5.41, 5.74) is 3.45. The molecule has 2 heterocycles. The zero-order chi connectivity index (χ0) is 20.1. The maximum absolute atomic E-state index is 13.4. The second-order valence-corrected chi connectivity index (χ2v) is 8.16. The van der Waals surface area contributed by atoms with E-state index in [0.29, 0.717) is 10.6 Å². The van der Waals surface area contributed by atoms with Gasteiger partial charge in [0.25, 0.3) is 5.91 Å². The number of thiophene rings is 1. The van der Waals surface area contributed by atoms with Crippen LogP contribution < -0.4 is 5.32 Å². The van der Waals surface area contributed by atoms with Gasteiger partial charge >= 0.3 is 0 Å². The summed E-state index contributed by atoms with van der Waals surface area (Å²) in [6.07, 6.45) is 3.52. The summed E-state index contributed by atoms with van der Waals surface area (Å²) in [6, 6.07) is 19.6. The second kappa shape index (κ2) is 9.05. The van der Waals surface area contributed by atoms with Crippen LogP contribution in [-0.2, 0) is 11.2 Å². The van der Waals surface area contributed by atoms with Crippen molar-refractivity contribution in [1.29, 1.82) is 0 Å². The monoisotopic (exact) mass is 404 g/mol. The molecule has 4 rings (SSSR count). The molecular formula is C24H24N2O2S. The van der Waals surface area contributed by atoms with E-state index in [4.69, 9.17) is 0 Å². The van der Waals surface area contributed by atoms with Crippen LogP contribution in [0.3, 0.4) is 0 Å². The van der Waals surface area contributed by atoms with Gasteiger partial charge in [-0.15, -0.1) is 11.3 Å². The zero-order valence-electron chi connectivity index (χ0n) is 16.3. The zero-order valence-corrected chi connectivity index (χ0v) is 17.1. The number of carbonyl (C=O) groups excluding carboxylic acids is 2. The molecule has 1 aliphatic heterocycles. The number of anilines is 1. The molecule has 0 aliphatic carbocycles. The Morgan fingerprint density at radius 3 is 2.24 bits per heavy atom. The van der Waals surface area contributed by atoms with Gasteiger partial charge in [-0.1, -0.05) is 60.7 Å². The Morgan fingerprint density at radius 1 is 0.897 bits per heavy atom. The molecule has 0 spiro atoms. The summed E-state index contributed by atoms with van der Waals surface area (Å²) < 4.78 is 0. The Hall–Kier alpha value is -2.92. The smallest absolute Gasteiger partial charge is 0.257 e. The lowest BCUT2D eigenvalue weighted by molar-refractivity contribution is -0.115. The number of hydrogen-bond donors (Lipinski definition) is 1. The first-order valence-electron chi connectivity index (χ1n) is 10.0. The van der Waals surface area contributed by atoms with E-state index < -0.39 is 0 Å². The number of nitrogens with one attached hydrogen (secondary N) is 1. The molecule has 29 heavy (non-hydrogen) atoms. The molecular weight excluding hydrogens is 380 g/mol. The Kier molecular flexibility index (Phi) is 6.06. The lowest BCUT2D eigenvalue weighted by Crippen LogP contribution is -2.36.